The van der Waals surface area contributed by atoms with E-state index in [1.54, 1.807) is 12.3 Å². The van der Waals surface area contributed by atoms with Crippen LogP contribution in [0.4, 0.5) is 4.39 Å². The van der Waals surface area contributed by atoms with E-state index >= 15 is 0 Å². The summed E-state index contributed by atoms with van der Waals surface area (Å²) in [5.74, 6) is 0.409. The number of pyridine rings is 1. The molecule has 4 rings (SSSR count). The number of halogens is 1. The number of aromatic nitrogens is 1. The molecule has 0 aliphatic heterocycles. The van der Waals surface area contributed by atoms with Crippen molar-refractivity contribution in [2.45, 2.75) is 86.5 Å². The Hall–Kier alpha value is -2.40. The van der Waals surface area contributed by atoms with Crippen LogP contribution in [0.1, 0.15) is 84.6 Å². The Bertz CT molecular complexity index is 1490. The number of ketones is 1. The van der Waals surface area contributed by atoms with Crippen LogP contribution in [0.2, 0.25) is 0 Å². The van der Waals surface area contributed by atoms with Gasteiger partial charge in [-0.3, -0.25) is 9.78 Å². The predicted molar refractivity (Wildman–Crippen MR) is 169 cm³/mol. The number of aliphatic hydroxyl groups is 1. The molecule has 0 fully saturated rings. The van der Waals surface area contributed by atoms with E-state index < -0.39 is 0 Å². The van der Waals surface area contributed by atoms with Gasteiger partial charge in [-0.25, -0.2) is 4.39 Å². The van der Waals surface area contributed by atoms with Gasteiger partial charge >= 0.3 is 0 Å². The van der Waals surface area contributed by atoms with E-state index in [-0.39, 0.29) is 54.7 Å². The molecule has 0 bridgehead atoms. The van der Waals surface area contributed by atoms with Crippen LogP contribution in [0, 0.1) is 30.6 Å². The fourth-order valence-corrected chi connectivity index (χ4v) is 6.09. The average Bonchev–Trinajstić information content (AvgIpc) is 3.22. The minimum absolute atomic E-state index is 0. The topological polar surface area (TPSA) is 50.2 Å². The Balaban J connectivity index is 0.000000320. The quantitative estimate of drug-likeness (QED) is 0.111. The van der Waals surface area contributed by atoms with Gasteiger partial charge < -0.3 is 5.11 Å². The van der Waals surface area contributed by atoms with Crippen LogP contribution in [-0.2, 0) is 30.3 Å². The Morgan fingerprint density at radius 2 is 1.63 bits per heavy atom. The third-order valence-electron chi connectivity index (χ3n) is 7.63. The molecular weight excluding hydrogens is 710 g/mol. The fourth-order valence-electron chi connectivity index (χ4n) is 5.06. The van der Waals surface area contributed by atoms with Crippen molar-refractivity contribution in [2.24, 2.45) is 11.8 Å². The molecule has 3 nitrogen and oxygen atoms in total. The summed E-state index contributed by atoms with van der Waals surface area (Å²) in [5, 5.41) is 12.7. The molecule has 0 unspecified atom stereocenters. The van der Waals surface area contributed by atoms with E-state index in [2.05, 4.69) is 56.1 Å². The number of thiophene rings is 1. The second kappa shape index (κ2) is 15.2. The first-order valence-electron chi connectivity index (χ1n) is 14.4. The van der Waals surface area contributed by atoms with Crippen LogP contribution < -0.4 is 0 Å². The van der Waals surface area contributed by atoms with Crippen LogP contribution >= 0.6 is 11.3 Å². The number of hydrogen-bond donors (Lipinski definition) is 1. The molecule has 0 spiro atoms. The number of aryl methyl sites for hydroxylation is 1. The molecule has 1 N–H and O–H groups in total. The Labute approximate surface area is 262 Å². The van der Waals surface area contributed by atoms with E-state index in [0.717, 1.165) is 47.0 Å². The SMILES string of the molecule is CCC(CC)C(=O)/C=C(\O)C(CC)CC.Cc1sc2c(-c3[c-]c4ccccc4c(C(C)(C)C)c3)nccc2c1F.[Ir]. The summed E-state index contributed by atoms with van der Waals surface area (Å²) in [6.45, 7) is 16.5. The molecule has 223 valence electrons. The van der Waals surface area contributed by atoms with Crippen molar-refractivity contribution in [3.8, 4) is 11.3 Å². The Kier molecular flexibility index (Phi) is 12.9. The predicted octanol–water partition coefficient (Wildman–Crippen LogP) is 10.5. The van der Waals surface area contributed by atoms with E-state index in [0.29, 0.717) is 10.3 Å². The smallest absolute Gasteiger partial charge is 0.162 e. The van der Waals surface area contributed by atoms with E-state index in [9.17, 15) is 14.3 Å². The number of carbonyl (C=O) groups is 1. The largest absolute Gasteiger partial charge is 0.512 e. The van der Waals surface area contributed by atoms with Gasteiger partial charge in [0.25, 0.3) is 0 Å². The van der Waals surface area contributed by atoms with E-state index in [1.165, 1.54) is 28.4 Å². The van der Waals surface area contributed by atoms with Gasteiger partial charge in [-0.2, -0.15) is 0 Å². The summed E-state index contributed by atoms with van der Waals surface area (Å²) < 4.78 is 15.2. The Morgan fingerprint density at radius 3 is 2.22 bits per heavy atom. The van der Waals surface area contributed by atoms with Gasteiger partial charge in [0.15, 0.2) is 5.78 Å². The molecule has 0 atom stereocenters. The van der Waals surface area contributed by atoms with Crippen molar-refractivity contribution in [1.29, 1.82) is 0 Å². The van der Waals surface area contributed by atoms with E-state index in [1.807, 2.05) is 40.7 Å². The average molecular weight is 753 g/mol. The minimum Gasteiger partial charge on any atom is -0.512 e. The first-order valence-corrected chi connectivity index (χ1v) is 15.2. The number of nitrogens with zero attached hydrogens (tertiary/aromatic N) is 1. The van der Waals surface area contributed by atoms with Crippen LogP contribution in [0.5, 0.6) is 0 Å². The second-order valence-electron chi connectivity index (χ2n) is 11.4. The van der Waals surface area contributed by atoms with Gasteiger partial charge in [0, 0.05) is 64.9 Å². The van der Waals surface area contributed by atoms with Crippen molar-refractivity contribution in [2.75, 3.05) is 0 Å². The van der Waals surface area contributed by atoms with Gasteiger partial charge in [-0.05, 0) is 44.1 Å². The summed E-state index contributed by atoms with van der Waals surface area (Å²) in [6, 6.07) is 15.7. The van der Waals surface area contributed by atoms with Crippen molar-refractivity contribution < 1.29 is 34.4 Å². The zero-order chi connectivity index (χ0) is 29.6. The van der Waals surface area contributed by atoms with Crippen LogP contribution in [-0.4, -0.2) is 15.9 Å². The molecule has 0 aliphatic rings. The molecule has 2 heterocycles. The molecule has 6 heteroatoms. The van der Waals surface area contributed by atoms with Gasteiger partial charge in [0.2, 0.25) is 0 Å². The number of fused-ring (bicyclic) bond motifs is 2. The maximum Gasteiger partial charge on any atom is 0.162 e. The number of aliphatic hydroxyl groups excluding tert-OH is 1. The standard InChI is InChI=1S/C22H19FNS.C13H24O2.Ir/c1-13-19(23)17-9-10-24-20(21(17)25-13)15-11-14-7-5-6-8-16(14)18(12-15)22(2,3)4;1-5-10(6-2)12(14)9-13(15)11(7-3)8-4;/h5-10,12H,1-4H3;9-11,14H,5-8H2,1-4H3;/q-1;;/b;12-9-;. The normalized spacial score (nSPS) is 12.0. The van der Waals surface area contributed by atoms with Gasteiger partial charge in [0.1, 0.15) is 5.82 Å². The molecular formula is C35H43FIrNO2S-. The molecule has 2 aromatic carbocycles. The second-order valence-corrected chi connectivity index (χ2v) is 12.6. The van der Waals surface area contributed by atoms with E-state index in [4.69, 9.17) is 0 Å². The van der Waals surface area contributed by atoms with Crippen LogP contribution in [0.15, 0.2) is 54.4 Å². The fraction of sp³-hybridized carbons (Fsp3) is 0.429. The third-order valence-corrected chi connectivity index (χ3v) is 8.73. The number of benzene rings is 2. The zero-order valence-electron chi connectivity index (χ0n) is 25.5. The molecule has 41 heavy (non-hydrogen) atoms. The maximum absolute atomic E-state index is 14.3. The molecule has 0 amide bonds. The number of rotatable bonds is 8. The third kappa shape index (κ3) is 8.12. The number of carbonyl (C=O) groups excluding carboxylic acids is 1. The summed E-state index contributed by atoms with van der Waals surface area (Å²) >= 11 is 1.46. The molecule has 0 saturated carbocycles. The van der Waals surface area contributed by atoms with Crippen molar-refractivity contribution in [3.05, 3.63) is 76.8 Å². The first kappa shape index (κ1) is 34.8. The monoisotopic (exact) mass is 753 g/mol. The minimum atomic E-state index is -0.138. The molecule has 0 aliphatic carbocycles. The summed E-state index contributed by atoms with van der Waals surface area (Å²) in [5.41, 5.74) is 2.99. The Morgan fingerprint density at radius 1 is 1.02 bits per heavy atom. The molecule has 1 radical (unpaired) electrons. The van der Waals surface area contributed by atoms with Crippen molar-refractivity contribution in [3.63, 3.8) is 0 Å². The van der Waals surface area contributed by atoms with Crippen molar-refractivity contribution in [1.82, 2.24) is 4.98 Å². The zero-order valence-corrected chi connectivity index (χ0v) is 28.7. The molecule has 2 aromatic heterocycles. The summed E-state index contributed by atoms with van der Waals surface area (Å²) in [7, 11) is 0. The number of allylic oxidation sites excluding steroid dienone is 2. The maximum atomic E-state index is 14.3. The summed E-state index contributed by atoms with van der Waals surface area (Å²) in [6.07, 6.45) is 6.59. The van der Waals surface area contributed by atoms with Gasteiger partial charge in [-0.15, -0.1) is 40.5 Å². The van der Waals surface area contributed by atoms with Crippen LogP contribution in [0.25, 0.3) is 32.1 Å². The van der Waals surface area contributed by atoms with Gasteiger partial charge in [-0.1, -0.05) is 77.6 Å². The molecule has 4 aromatic rings. The van der Waals surface area contributed by atoms with Crippen LogP contribution in [0.3, 0.4) is 0 Å². The first-order chi connectivity index (χ1) is 19.0. The summed E-state index contributed by atoms with van der Waals surface area (Å²) in [4.78, 5) is 17.0. The number of hydrogen-bond acceptors (Lipinski definition) is 4. The van der Waals surface area contributed by atoms with Crippen molar-refractivity contribution >= 4 is 38.0 Å². The van der Waals surface area contributed by atoms with Gasteiger partial charge in [0.05, 0.1) is 5.76 Å². The molecule has 0 saturated heterocycles.